The van der Waals surface area contributed by atoms with Crippen LogP contribution in [0.1, 0.15) is 46.5 Å². The zero-order valence-corrected chi connectivity index (χ0v) is 9.10. The summed E-state index contributed by atoms with van der Waals surface area (Å²) in [5.74, 6) is 0.385. The van der Waals surface area contributed by atoms with Crippen LogP contribution in [0.5, 0.6) is 0 Å². The molecule has 76 valence electrons. The van der Waals surface area contributed by atoms with Gasteiger partial charge in [0.25, 0.3) is 0 Å². The summed E-state index contributed by atoms with van der Waals surface area (Å²) >= 11 is 0. The Balaban J connectivity index is 2.48. The molecule has 2 nitrogen and oxygen atoms in total. The van der Waals surface area contributed by atoms with Crippen LogP contribution in [-0.4, -0.2) is 23.9 Å². The third-order valence-corrected chi connectivity index (χ3v) is 2.79. The smallest absolute Gasteiger partial charge is 0.228 e. The van der Waals surface area contributed by atoms with Crippen molar-refractivity contribution >= 4 is 5.91 Å². The zero-order valence-electron chi connectivity index (χ0n) is 9.10. The molecule has 1 rings (SSSR count). The molecular formula is C11H21NO. The molecule has 0 unspecified atom stereocenters. The highest BCUT2D eigenvalue weighted by Gasteiger charge is 2.46. The zero-order chi connectivity index (χ0) is 9.90. The van der Waals surface area contributed by atoms with Crippen molar-refractivity contribution in [3.05, 3.63) is 0 Å². The van der Waals surface area contributed by atoms with Crippen LogP contribution in [0.2, 0.25) is 0 Å². The Labute approximate surface area is 81.3 Å². The van der Waals surface area contributed by atoms with Gasteiger partial charge in [0.1, 0.15) is 0 Å². The summed E-state index contributed by atoms with van der Waals surface area (Å²) in [4.78, 5) is 14.0. The van der Waals surface area contributed by atoms with E-state index in [2.05, 4.69) is 20.8 Å². The quantitative estimate of drug-likeness (QED) is 0.641. The van der Waals surface area contributed by atoms with E-state index in [4.69, 9.17) is 0 Å². The standard InChI is InChI=1S/C11H21NO/c1-4-8-12(9-5-2)10(13)11(3)6-7-11/h4-9H2,1-3H3. The number of hydrogen-bond acceptors (Lipinski definition) is 1. The monoisotopic (exact) mass is 183 g/mol. The third kappa shape index (κ3) is 2.45. The van der Waals surface area contributed by atoms with Crippen molar-refractivity contribution in [2.45, 2.75) is 46.5 Å². The van der Waals surface area contributed by atoms with E-state index in [1.165, 1.54) is 0 Å². The van der Waals surface area contributed by atoms with Crippen LogP contribution in [0, 0.1) is 5.41 Å². The van der Waals surface area contributed by atoms with E-state index in [1.807, 2.05) is 4.90 Å². The number of carbonyl (C=O) groups is 1. The molecule has 0 atom stereocenters. The van der Waals surface area contributed by atoms with Crippen LogP contribution in [0.3, 0.4) is 0 Å². The molecule has 0 saturated heterocycles. The van der Waals surface area contributed by atoms with E-state index in [0.29, 0.717) is 5.91 Å². The molecule has 1 amide bonds. The molecule has 0 N–H and O–H groups in total. The summed E-state index contributed by atoms with van der Waals surface area (Å²) in [6, 6.07) is 0. The molecule has 1 aliphatic rings. The van der Waals surface area contributed by atoms with Gasteiger partial charge >= 0.3 is 0 Å². The molecule has 2 heteroatoms. The molecule has 0 aromatic carbocycles. The van der Waals surface area contributed by atoms with Gasteiger partial charge < -0.3 is 4.90 Å². The first-order valence-electron chi connectivity index (χ1n) is 5.43. The van der Waals surface area contributed by atoms with Gasteiger partial charge in [-0.05, 0) is 25.7 Å². The Morgan fingerprint density at radius 3 is 2.00 bits per heavy atom. The first kappa shape index (κ1) is 10.6. The maximum atomic E-state index is 11.9. The largest absolute Gasteiger partial charge is 0.342 e. The Morgan fingerprint density at radius 2 is 1.69 bits per heavy atom. The van der Waals surface area contributed by atoms with Gasteiger partial charge in [0.05, 0.1) is 0 Å². The summed E-state index contributed by atoms with van der Waals surface area (Å²) in [6.45, 7) is 8.22. The minimum atomic E-state index is 0.0182. The molecule has 0 aromatic heterocycles. The molecule has 13 heavy (non-hydrogen) atoms. The Kier molecular flexibility index (Phi) is 3.34. The van der Waals surface area contributed by atoms with Gasteiger partial charge in [-0.15, -0.1) is 0 Å². The first-order chi connectivity index (χ1) is 6.14. The average molecular weight is 183 g/mol. The van der Waals surface area contributed by atoms with Crippen molar-refractivity contribution in [3.8, 4) is 0 Å². The third-order valence-electron chi connectivity index (χ3n) is 2.79. The highest BCUT2D eigenvalue weighted by atomic mass is 16.2. The summed E-state index contributed by atoms with van der Waals surface area (Å²) in [5, 5.41) is 0. The second kappa shape index (κ2) is 4.12. The van der Waals surface area contributed by atoms with E-state index < -0.39 is 0 Å². The molecule has 0 heterocycles. The summed E-state index contributed by atoms with van der Waals surface area (Å²) in [7, 11) is 0. The lowest BCUT2D eigenvalue weighted by Crippen LogP contribution is -2.37. The lowest BCUT2D eigenvalue weighted by atomic mass is 10.1. The van der Waals surface area contributed by atoms with Crippen LogP contribution in [0.15, 0.2) is 0 Å². The highest BCUT2D eigenvalue weighted by Crippen LogP contribution is 2.46. The molecule has 1 fully saturated rings. The van der Waals surface area contributed by atoms with Crippen LogP contribution in [-0.2, 0) is 4.79 Å². The highest BCUT2D eigenvalue weighted by molar-refractivity contribution is 5.84. The van der Waals surface area contributed by atoms with E-state index >= 15 is 0 Å². The van der Waals surface area contributed by atoms with Crippen molar-refractivity contribution in [2.75, 3.05) is 13.1 Å². The average Bonchev–Trinajstić information content (AvgIpc) is 2.84. The van der Waals surface area contributed by atoms with Crippen LogP contribution < -0.4 is 0 Å². The fraction of sp³-hybridized carbons (Fsp3) is 0.909. The second-order valence-corrected chi connectivity index (χ2v) is 4.35. The maximum absolute atomic E-state index is 11.9. The fourth-order valence-corrected chi connectivity index (χ4v) is 1.64. The van der Waals surface area contributed by atoms with Gasteiger partial charge in [-0.25, -0.2) is 0 Å². The summed E-state index contributed by atoms with van der Waals surface area (Å²) in [6.07, 6.45) is 4.33. The van der Waals surface area contributed by atoms with E-state index in [0.717, 1.165) is 38.8 Å². The SMILES string of the molecule is CCCN(CCC)C(=O)C1(C)CC1. The molecule has 0 aliphatic heterocycles. The Hall–Kier alpha value is -0.530. The lowest BCUT2D eigenvalue weighted by molar-refractivity contribution is -0.136. The normalized spacial score (nSPS) is 18.4. The molecule has 1 aliphatic carbocycles. The Bertz CT molecular complexity index is 179. The van der Waals surface area contributed by atoms with E-state index in [1.54, 1.807) is 0 Å². The fourth-order valence-electron chi connectivity index (χ4n) is 1.64. The van der Waals surface area contributed by atoms with Gasteiger partial charge in [0.15, 0.2) is 0 Å². The maximum Gasteiger partial charge on any atom is 0.228 e. The minimum Gasteiger partial charge on any atom is -0.342 e. The lowest BCUT2D eigenvalue weighted by Gasteiger charge is -2.24. The number of nitrogens with zero attached hydrogens (tertiary/aromatic N) is 1. The number of hydrogen-bond donors (Lipinski definition) is 0. The molecular weight excluding hydrogens is 162 g/mol. The van der Waals surface area contributed by atoms with E-state index in [-0.39, 0.29) is 5.41 Å². The van der Waals surface area contributed by atoms with Crippen LogP contribution >= 0.6 is 0 Å². The second-order valence-electron chi connectivity index (χ2n) is 4.35. The first-order valence-corrected chi connectivity index (χ1v) is 5.43. The van der Waals surface area contributed by atoms with Crippen molar-refractivity contribution in [3.63, 3.8) is 0 Å². The number of carbonyl (C=O) groups excluding carboxylic acids is 1. The van der Waals surface area contributed by atoms with Crippen molar-refractivity contribution in [2.24, 2.45) is 5.41 Å². The molecule has 0 aromatic rings. The van der Waals surface area contributed by atoms with E-state index in [9.17, 15) is 4.79 Å². The predicted octanol–water partition coefficient (Wildman–Crippen LogP) is 2.44. The minimum absolute atomic E-state index is 0.0182. The number of rotatable bonds is 5. The number of amides is 1. The van der Waals surface area contributed by atoms with Gasteiger partial charge in [0.2, 0.25) is 5.91 Å². The molecule has 1 saturated carbocycles. The molecule has 0 spiro atoms. The summed E-state index contributed by atoms with van der Waals surface area (Å²) < 4.78 is 0. The summed E-state index contributed by atoms with van der Waals surface area (Å²) in [5.41, 5.74) is 0.0182. The Morgan fingerprint density at radius 1 is 1.23 bits per heavy atom. The van der Waals surface area contributed by atoms with Crippen molar-refractivity contribution in [1.29, 1.82) is 0 Å². The van der Waals surface area contributed by atoms with Crippen molar-refractivity contribution in [1.82, 2.24) is 4.90 Å². The van der Waals surface area contributed by atoms with Crippen LogP contribution in [0.25, 0.3) is 0 Å². The van der Waals surface area contributed by atoms with Gasteiger partial charge in [-0.2, -0.15) is 0 Å². The predicted molar refractivity (Wildman–Crippen MR) is 54.5 cm³/mol. The topological polar surface area (TPSA) is 20.3 Å². The molecule has 0 bridgehead atoms. The molecule has 0 radical (unpaired) electrons. The van der Waals surface area contributed by atoms with Gasteiger partial charge in [-0.1, -0.05) is 20.8 Å². The van der Waals surface area contributed by atoms with Gasteiger partial charge in [0, 0.05) is 18.5 Å². The van der Waals surface area contributed by atoms with Gasteiger partial charge in [-0.3, -0.25) is 4.79 Å². The van der Waals surface area contributed by atoms with Crippen molar-refractivity contribution < 1.29 is 4.79 Å². The van der Waals surface area contributed by atoms with Crippen LogP contribution in [0.4, 0.5) is 0 Å².